The number of hydrogen-bond donors (Lipinski definition) is 2. The van der Waals surface area contributed by atoms with Gasteiger partial charge in [-0.3, -0.25) is 4.90 Å². The van der Waals surface area contributed by atoms with Crippen LogP contribution in [0.25, 0.3) is 10.9 Å². The minimum atomic E-state index is -3.55. The summed E-state index contributed by atoms with van der Waals surface area (Å²) in [5.41, 5.74) is 1.74. The van der Waals surface area contributed by atoms with Gasteiger partial charge >= 0.3 is 0 Å². The highest BCUT2D eigenvalue weighted by atomic mass is 32.2. The van der Waals surface area contributed by atoms with Gasteiger partial charge in [0.15, 0.2) is 0 Å². The molecule has 166 valence electrons. The molecular weight excluding hydrogens is 418 g/mol. The van der Waals surface area contributed by atoms with E-state index in [1.54, 1.807) is 38.5 Å². The fourth-order valence-electron chi connectivity index (χ4n) is 3.92. The summed E-state index contributed by atoms with van der Waals surface area (Å²) in [5.74, 6) is 1.35. The molecule has 3 aromatic rings. The van der Waals surface area contributed by atoms with Crippen LogP contribution in [0.2, 0.25) is 0 Å². The topological polar surface area (TPSA) is 95.1 Å². The van der Waals surface area contributed by atoms with Gasteiger partial charge in [-0.2, -0.15) is 4.31 Å². The molecule has 1 aliphatic heterocycles. The smallest absolute Gasteiger partial charge is 0.243 e. The van der Waals surface area contributed by atoms with E-state index in [1.807, 2.05) is 24.4 Å². The number of β-amino-alcohol motifs (C(OH)–C–C–N with tert-alkyl or cyclic N) is 1. The van der Waals surface area contributed by atoms with E-state index in [1.165, 1.54) is 4.31 Å². The molecule has 0 saturated carbocycles. The standard InChI is InChI=1S/C22H27N3O5S/c1-29-16-3-6-18(7-4-16)31(27,28)25-11-9-24(10-12-25)15-22(26)20-14-23-21-8-5-17(30-2)13-19(20)21/h3-8,13-14,22-23,26H,9-12,15H2,1-2H3/t22-/m0/s1. The summed E-state index contributed by atoms with van der Waals surface area (Å²) in [4.78, 5) is 5.53. The molecule has 0 aliphatic carbocycles. The van der Waals surface area contributed by atoms with E-state index < -0.39 is 16.1 Å². The zero-order valence-electron chi connectivity index (χ0n) is 17.6. The highest BCUT2D eigenvalue weighted by molar-refractivity contribution is 7.89. The number of ether oxygens (including phenoxy) is 2. The molecule has 1 saturated heterocycles. The number of benzene rings is 2. The van der Waals surface area contributed by atoms with Crippen molar-refractivity contribution in [3.05, 3.63) is 54.2 Å². The van der Waals surface area contributed by atoms with Crippen LogP contribution < -0.4 is 9.47 Å². The number of fused-ring (bicyclic) bond motifs is 1. The SMILES string of the molecule is COc1ccc(S(=O)(=O)N2CCN(C[C@H](O)c3c[nH]c4ccc(OC)cc34)CC2)cc1. The van der Waals surface area contributed by atoms with E-state index in [4.69, 9.17) is 9.47 Å². The second-order valence-corrected chi connectivity index (χ2v) is 9.49. The fourth-order valence-corrected chi connectivity index (χ4v) is 5.34. The van der Waals surface area contributed by atoms with Crippen LogP contribution in [-0.4, -0.2) is 74.7 Å². The van der Waals surface area contributed by atoms with Crippen LogP contribution >= 0.6 is 0 Å². The van der Waals surface area contributed by atoms with Gasteiger partial charge < -0.3 is 19.6 Å². The van der Waals surface area contributed by atoms with E-state index in [9.17, 15) is 13.5 Å². The molecule has 0 radical (unpaired) electrons. The van der Waals surface area contributed by atoms with Crippen molar-refractivity contribution in [2.24, 2.45) is 0 Å². The average molecular weight is 446 g/mol. The van der Waals surface area contributed by atoms with E-state index >= 15 is 0 Å². The summed E-state index contributed by atoms with van der Waals surface area (Å²) < 4.78 is 37.7. The van der Waals surface area contributed by atoms with Crippen LogP contribution in [0.15, 0.2) is 53.6 Å². The second kappa shape index (κ2) is 8.88. The molecule has 2 N–H and O–H groups in total. The summed E-state index contributed by atoms with van der Waals surface area (Å²) in [6.45, 7) is 2.29. The molecule has 1 aliphatic rings. The molecule has 9 heteroatoms. The number of rotatable bonds is 7. The van der Waals surface area contributed by atoms with E-state index in [0.29, 0.717) is 38.5 Å². The summed E-state index contributed by atoms with van der Waals surface area (Å²) >= 11 is 0. The fraction of sp³-hybridized carbons (Fsp3) is 0.364. The first kappa shape index (κ1) is 21.6. The Morgan fingerprint density at radius 1 is 1.00 bits per heavy atom. The molecule has 1 fully saturated rings. The zero-order chi connectivity index (χ0) is 22.0. The van der Waals surface area contributed by atoms with Gasteiger partial charge in [-0.25, -0.2) is 8.42 Å². The van der Waals surface area contributed by atoms with E-state index in [0.717, 1.165) is 22.2 Å². The maximum Gasteiger partial charge on any atom is 0.243 e. The monoisotopic (exact) mass is 445 g/mol. The van der Waals surface area contributed by atoms with Gasteiger partial charge in [0.1, 0.15) is 11.5 Å². The van der Waals surface area contributed by atoms with E-state index in [2.05, 4.69) is 9.88 Å². The van der Waals surface area contributed by atoms with Crippen molar-refractivity contribution in [2.45, 2.75) is 11.0 Å². The maximum absolute atomic E-state index is 12.9. The molecule has 2 heterocycles. The van der Waals surface area contributed by atoms with Crippen LogP contribution in [0.4, 0.5) is 0 Å². The van der Waals surface area contributed by atoms with Gasteiger partial charge in [-0.05, 0) is 42.5 Å². The summed E-state index contributed by atoms with van der Waals surface area (Å²) in [7, 11) is -0.389. The minimum Gasteiger partial charge on any atom is -0.497 e. The third-order valence-electron chi connectivity index (χ3n) is 5.74. The molecular formula is C22H27N3O5S. The molecule has 0 bridgehead atoms. The highest BCUT2D eigenvalue weighted by Crippen LogP contribution is 2.29. The second-order valence-electron chi connectivity index (χ2n) is 7.55. The number of aliphatic hydroxyl groups is 1. The lowest BCUT2D eigenvalue weighted by Crippen LogP contribution is -2.49. The molecule has 4 rings (SSSR count). The van der Waals surface area contributed by atoms with Gasteiger partial charge in [0.2, 0.25) is 10.0 Å². The molecule has 0 amide bonds. The molecule has 8 nitrogen and oxygen atoms in total. The minimum absolute atomic E-state index is 0.259. The van der Waals surface area contributed by atoms with Crippen molar-refractivity contribution in [2.75, 3.05) is 46.9 Å². The molecule has 0 spiro atoms. The van der Waals surface area contributed by atoms with Gasteiger partial charge in [0.25, 0.3) is 0 Å². The lowest BCUT2D eigenvalue weighted by atomic mass is 10.1. The third-order valence-corrected chi connectivity index (χ3v) is 7.65. The van der Waals surface area contributed by atoms with Gasteiger partial charge in [-0.1, -0.05) is 0 Å². The summed E-state index contributed by atoms with van der Waals surface area (Å²) in [6.07, 6.45) is 1.13. The van der Waals surface area contributed by atoms with Crippen molar-refractivity contribution < 1.29 is 23.0 Å². The normalized spacial score (nSPS) is 17.0. The van der Waals surface area contributed by atoms with Crippen LogP contribution in [0.3, 0.4) is 0 Å². The first-order chi connectivity index (χ1) is 14.9. The number of piperazine rings is 1. The number of aliphatic hydroxyl groups excluding tert-OH is 1. The summed E-state index contributed by atoms with van der Waals surface area (Å²) in [6, 6.07) is 12.1. The van der Waals surface area contributed by atoms with Gasteiger partial charge in [-0.15, -0.1) is 0 Å². The van der Waals surface area contributed by atoms with Crippen LogP contribution in [0.5, 0.6) is 11.5 Å². The predicted octanol–water partition coefficient (Wildman–Crippen LogP) is 2.22. The lowest BCUT2D eigenvalue weighted by molar-refractivity contribution is 0.0930. The Bertz CT molecular complexity index is 1140. The summed E-state index contributed by atoms with van der Waals surface area (Å²) in [5, 5.41) is 11.8. The number of sulfonamides is 1. The molecule has 1 atom stereocenters. The Balaban J connectivity index is 1.40. The number of H-pyrrole nitrogens is 1. The van der Waals surface area contributed by atoms with Crippen molar-refractivity contribution in [1.29, 1.82) is 0 Å². The first-order valence-corrected chi connectivity index (χ1v) is 11.6. The number of nitrogens with zero attached hydrogens (tertiary/aromatic N) is 2. The Morgan fingerprint density at radius 3 is 2.29 bits per heavy atom. The zero-order valence-corrected chi connectivity index (χ0v) is 18.4. The molecule has 31 heavy (non-hydrogen) atoms. The Labute approximate surface area is 182 Å². The van der Waals surface area contributed by atoms with Crippen molar-refractivity contribution in [3.63, 3.8) is 0 Å². The molecule has 0 unspecified atom stereocenters. The number of nitrogens with one attached hydrogen (secondary N) is 1. The maximum atomic E-state index is 12.9. The van der Waals surface area contributed by atoms with Crippen molar-refractivity contribution in [1.82, 2.24) is 14.2 Å². The van der Waals surface area contributed by atoms with Gasteiger partial charge in [0, 0.05) is 55.4 Å². The number of aromatic nitrogens is 1. The highest BCUT2D eigenvalue weighted by Gasteiger charge is 2.29. The van der Waals surface area contributed by atoms with Crippen LogP contribution in [0, 0.1) is 0 Å². The van der Waals surface area contributed by atoms with E-state index in [-0.39, 0.29) is 4.90 Å². The Kier molecular flexibility index (Phi) is 6.19. The van der Waals surface area contributed by atoms with Crippen LogP contribution in [0.1, 0.15) is 11.7 Å². The lowest BCUT2D eigenvalue weighted by Gasteiger charge is -2.34. The largest absolute Gasteiger partial charge is 0.497 e. The third kappa shape index (κ3) is 4.40. The number of methoxy groups -OCH3 is 2. The number of hydrogen-bond acceptors (Lipinski definition) is 6. The van der Waals surface area contributed by atoms with Gasteiger partial charge in [0.05, 0.1) is 25.2 Å². The Hall–Kier alpha value is -2.59. The molecule has 1 aromatic heterocycles. The quantitative estimate of drug-likeness (QED) is 0.579. The van der Waals surface area contributed by atoms with Crippen molar-refractivity contribution in [3.8, 4) is 11.5 Å². The Morgan fingerprint density at radius 2 is 1.65 bits per heavy atom. The number of aromatic amines is 1. The first-order valence-electron chi connectivity index (χ1n) is 10.1. The molecule has 2 aromatic carbocycles. The average Bonchev–Trinajstić information content (AvgIpc) is 3.22. The van der Waals surface area contributed by atoms with Crippen molar-refractivity contribution >= 4 is 20.9 Å². The predicted molar refractivity (Wildman–Crippen MR) is 118 cm³/mol. The van der Waals surface area contributed by atoms with Crippen LogP contribution in [-0.2, 0) is 10.0 Å².